The number of hydrogen-bond acceptors (Lipinski definition) is 3. The number of benzene rings is 2. The summed E-state index contributed by atoms with van der Waals surface area (Å²) in [6.45, 7) is 0. The van der Waals surface area contributed by atoms with Crippen LogP contribution in [0.15, 0.2) is 60.7 Å². The molecule has 1 saturated heterocycles. The van der Waals surface area contributed by atoms with Gasteiger partial charge in [0.2, 0.25) is 5.91 Å². The average molecular weight is 343 g/mol. The number of rotatable bonds is 5. The molecule has 2 atom stereocenters. The fourth-order valence-corrected chi connectivity index (χ4v) is 4.82. The molecule has 2 aromatic rings. The summed E-state index contributed by atoms with van der Waals surface area (Å²) in [5.74, 6) is -0.524. The van der Waals surface area contributed by atoms with E-state index < -0.39 is 15.8 Å². The highest BCUT2D eigenvalue weighted by molar-refractivity contribution is 7.91. The van der Waals surface area contributed by atoms with E-state index in [0.717, 1.165) is 11.1 Å². The van der Waals surface area contributed by atoms with Crippen molar-refractivity contribution in [3.63, 3.8) is 0 Å². The minimum Gasteiger partial charge on any atom is -0.349 e. The molecule has 1 aliphatic heterocycles. The summed E-state index contributed by atoms with van der Waals surface area (Å²) in [6.07, 6.45) is 1.09. The van der Waals surface area contributed by atoms with Gasteiger partial charge in [0.1, 0.15) is 0 Å². The van der Waals surface area contributed by atoms with Gasteiger partial charge in [0, 0.05) is 0 Å². The largest absolute Gasteiger partial charge is 0.349 e. The van der Waals surface area contributed by atoms with Gasteiger partial charge in [0.05, 0.1) is 23.5 Å². The number of amides is 1. The Hall–Kier alpha value is -2.14. The van der Waals surface area contributed by atoms with Crippen LogP contribution in [-0.4, -0.2) is 25.8 Å². The fourth-order valence-electron chi connectivity index (χ4n) is 3.08. The molecule has 1 N–H and O–H groups in total. The van der Waals surface area contributed by atoms with E-state index >= 15 is 0 Å². The van der Waals surface area contributed by atoms with Gasteiger partial charge in [-0.2, -0.15) is 0 Å². The van der Waals surface area contributed by atoms with Crippen LogP contribution in [0.3, 0.4) is 0 Å². The van der Waals surface area contributed by atoms with E-state index in [-0.39, 0.29) is 23.5 Å². The standard InChI is InChI=1S/C19H21NO3S/c21-19(17-11-12-24(22,23)14-17)20-18(16-9-5-2-6-10-16)13-15-7-3-1-4-8-15/h1-10,17-18H,11-14H2,(H,20,21). The summed E-state index contributed by atoms with van der Waals surface area (Å²) < 4.78 is 23.2. The number of carbonyl (C=O) groups excluding carboxylic acids is 1. The number of carbonyl (C=O) groups is 1. The summed E-state index contributed by atoms with van der Waals surface area (Å²) >= 11 is 0. The molecule has 0 saturated carbocycles. The van der Waals surface area contributed by atoms with Crippen LogP contribution in [0.1, 0.15) is 23.6 Å². The second-order valence-electron chi connectivity index (χ2n) is 6.26. The van der Waals surface area contributed by atoms with Crippen LogP contribution in [0.25, 0.3) is 0 Å². The minimum absolute atomic E-state index is 0.0360. The van der Waals surface area contributed by atoms with Gasteiger partial charge in [-0.05, 0) is 24.0 Å². The van der Waals surface area contributed by atoms with Crippen LogP contribution >= 0.6 is 0 Å². The van der Waals surface area contributed by atoms with Gasteiger partial charge in [-0.15, -0.1) is 0 Å². The molecule has 0 spiro atoms. The van der Waals surface area contributed by atoms with Crippen molar-refractivity contribution >= 4 is 15.7 Å². The highest BCUT2D eigenvalue weighted by atomic mass is 32.2. The molecule has 0 bridgehead atoms. The smallest absolute Gasteiger partial charge is 0.224 e. The molecular weight excluding hydrogens is 322 g/mol. The highest BCUT2D eigenvalue weighted by Gasteiger charge is 2.33. The van der Waals surface area contributed by atoms with E-state index in [9.17, 15) is 13.2 Å². The van der Waals surface area contributed by atoms with Gasteiger partial charge in [-0.1, -0.05) is 60.7 Å². The Morgan fingerprint density at radius 2 is 1.67 bits per heavy atom. The molecule has 2 unspecified atom stereocenters. The fraction of sp³-hybridized carbons (Fsp3) is 0.316. The van der Waals surface area contributed by atoms with Crippen LogP contribution in [0.4, 0.5) is 0 Å². The first-order valence-electron chi connectivity index (χ1n) is 8.13. The Kier molecular flexibility index (Phi) is 5.00. The van der Waals surface area contributed by atoms with Crippen molar-refractivity contribution in [1.82, 2.24) is 5.32 Å². The van der Waals surface area contributed by atoms with Crippen LogP contribution in [0.2, 0.25) is 0 Å². The molecule has 3 rings (SSSR count). The van der Waals surface area contributed by atoms with E-state index in [1.54, 1.807) is 0 Å². The van der Waals surface area contributed by atoms with Crippen molar-refractivity contribution in [2.24, 2.45) is 5.92 Å². The summed E-state index contributed by atoms with van der Waals surface area (Å²) in [4.78, 5) is 12.5. The third-order valence-corrected chi connectivity index (χ3v) is 6.17. The van der Waals surface area contributed by atoms with Crippen molar-refractivity contribution in [2.75, 3.05) is 11.5 Å². The first-order chi connectivity index (χ1) is 11.5. The molecule has 2 aromatic carbocycles. The summed E-state index contributed by atoms with van der Waals surface area (Å²) in [5, 5.41) is 3.06. The Balaban J connectivity index is 1.76. The van der Waals surface area contributed by atoms with Crippen molar-refractivity contribution in [1.29, 1.82) is 0 Å². The summed E-state index contributed by atoms with van der Waals surface area (Å²) in [7, 11) is -3.06. The molecule has 4 nitrogen and oxygen atoms in total. The Labute approximate surface area is 142 Å². The normalized spacial score (nSPS) is 20.4. The van der Waals surface area contributed by atoms with Crippen LogP contribution in [0.5, 0.6) is 0 Å². The monoisotopic (exact) mass is 343 g/mol. The Bertz CT molecular complexity index is 788. The van der Waals surface area contributed by atoms with Crippen LogP contribution in [-0.2, 0) is 21.1 Å². The molecular formula is C19H21NO3S. The molecule has 1 aliphatic rings. The Morgan fingerprint density at radius 1 is 1.04 bits per heavy atom. The minimum atomic E-state index is -3.06. The van der Waals surface area contributed by atoms with E-state index in [1.807, 2.05) is 60.7 Å². The van der Waals surface area contributed by atoms with E-state index in [2.05, 4.69) is 5.32 Å². The van der Waals surface area contributed by atoms with E-state index in [4.69, 9.17) is 0 Å². The van der Waals surface area contributed by atoms with Gasteiger partial charge in [0.25, 0.3) is 0 Å². The van der Waals surface area contributed by atoms with Gasteiger partial charge in [0.15, 0.2) is 9.84 Å². The number of hydrogen-bond donors (Lipinski definition) is 1. The molecule has 126 valence electrons. The van der Waals surface area contributed by atoms with Crippen molar-refractivity contribution in [3.8, 4) is 0 Å². The quantitative estimate of drug-likeness (QED) is 0.907. The van der Waals surface area contributed by atoms with E-state index in [1.165, 1.54) is 0 Å². The number of nitrogens with one attached hydrogen (secondary N) is 1. The summed E-state index contributed by atoms with van der Waals surface area (Å²) in [6, 6.07) is 19.6. The maximum absolute atomic E-state index is 12.5. The molecule has 0 aliphatic carbocycles. The second kappa shape index (κ2) is 7.18. The summed E-state index contributed by atoms with van der Waals surface area (Å²) in [5.41, 5.74) is 2.15. The van der Waals surface area contributed by atoms with Crippen molar-refractivity contribution in [3.05, 3.63) is 71.8 Å². The third-order valence-electron chi connectivity index (χ3n) is 4.40. The van der Waals surface area contributed by atoms with Crippen molar-refractivity contribution in [2.45, 2.75) is 18.9 Å². The highest BCUT2D eigenvalue weighted by Crippen LogP contribution is 2.22. The zero-order valence-electron chi connectivity index (χ0n) is 13.4. The topological polar surface area (TPSA) is 63.2 Å². The first-order valence-corrected chi connectivity index (χ1v) is 9.95. The molecule has 24 heavy (non-hydrogen) atoms. The molecule has 0 radical (unpaired) electrons. The molecule has 1 amide bonds. The maximum Gasteiger partial charge on any atom is 0.224 e. The lowest BCUT2D eigenvalue weighted by atomic mass is 9.97. The zero-order chi connectivity index (χ0) is 17.0. The lowest BCUT2D eigenvalue weighted by molar-refractivity contribution is -0.125. The van der Waals surface area contributed by atoms with Gasteiger partial charge in [-0.3, -0.25) is 4.79 Å². The lowest BCUT2D eigenvalue weighted by Crippen LogP contribution is -2.35. The van der Waals surface area contributed by atoms with Crippen molar-refractivity contribution < 1.29 is 13.2 Å². The predicted octanol–water partition coefficient (Wildman–Crippen LogP) is 2.52. The number of sulfone groups is 1. The van der Waals surface area contributed by atoms with Gasteiger partial charge >= 0.3 is 0 Å². The molecule has 5 heteroatoms. The zero-order valence-corrected chi connectivity index (χ0v) is 14.2. The van der Waals surface area contributed by atoms with Gasteiger partial charge < -0.3 is 5.32 Å². The lowest BCUT2D eigenvalue weighted by Gasteiger charge is -2.21. The Morgan fingerprint density at radius 3 is 2.25 bits per heavy atom. The van der Waals surface area contributed by atoms with Crippen LogP contribution < -0.4 is 5.32 Å². The maximum atomic E-state index is 12.5. The second-order valence-corrected chi connectivity index (χ2v) is 8.49. The van der Waals surface area contributed by atoms with Crippen LogP contribution in [0, 0.1) is 5.92 Å². The van der Waals surface area contributed by atoms with E-state index in [0.29, 0.717) is 12.8 Å². The average Bonchev–Trinajstić information content (AvgIpc) is 2.96. The SMILES string of the molecule is O=C(NC(Cc1ccccc1)c1ccccc1)C1CCS(=O)(=O)C1. The van der Waals surface area contributed by atoms with Gasteiger partial charge in [-0.25, -0.2) is 8.42 Å². The third kappa shape index (κ3) is 4.23. The molecule has 0 aromatic heterocycles. The molecule has 1 fully saturated rings. The first kappa shape index (κ1) is 16.7. The predicted molar refractivity (Wildman–Crippen MR) is 94.2 cm³/mol. The molecule has 1 heterocycles.